The molecule has 10 heteroatoms. The van der Waals surface area contributed by atoms with Crippen LogP contribution in [0.5, 0.6) is 5.75 Å². The fourth-order valence-corrected chi connectivity index (χ4v) is 7.27. The molecule has 3 heterocycles. The quantitative estimate of drug-likeness (QED) is 0.597. The summed E-state index contributed by atoms with van der Waals surface area (Å²) < 4.78 is 35.7. The largest absolute Gasteiger partial charge is 0.494 e. The van der Waals surface area contributed by atoms with Gasteiger partial charge < -0.3 is 9.30 Å². The molecule has 1 amide bonds. The Morgan fingerprint density at radius 3 is 2.90 bits per heavy atom. The third-order valence-corrected chi connectivity index (χ3v) is 9.22. The van der Waals surface area contributed by atoms with Gasteiger partial charge in [0, 0.05) is 13.6 Å². The SMILES string of the molecule is CCOc1ccc2c(c1)sc(=NC(=O)C1CCCN1S(=O)(=O)c1cccs1)n2C. The number of rotatable bonds is 5. The van der Waals surface area contributed by atoms with E-state index in [0.29, 0.717) is 30.8 Å². The van der Waals surface area contributed by atoms with E-state index in [1.807, 2.05) is 36.7 Å². The molecule has 1 fully saturated rings. The number of ether oxygens (including phenoxy) is 1. The maximum atomic E-state index is 12.9. The van der Waals surface area contributed by atoms with Crippen LogP contribution in [0.1, 0.15) is 19.8 Å². The molecule has 2 aromatic heterocycles. The first-order valence-corrected chi connectivity index (χ1v) is 12.4. The van der Waals surface area contributed by atoms with Gasteiger partial charge in [-0.05, 0) is 49.4 Å². The molecule has 0 spiro atoms. The Bertz CT molecular complexity index is 1210. The highest BCUT2D eigenvalue weighted by atomic mass is 32.2. The molecule has 0 bridgehead atoms. The molecule has 1 aliphatic rings. The van der Waals surface area contributed by atoms with Crippen LogP contribution in [0.3, 0.4) is 0 Å². The van der Waals surface area contributed by atoms with Gasteiger partial charge in [-0.3, -0.25) is 4.79 Å². The summed E-state index contributed by atoms with van der Waals surface area (Å²) in [6.45, 7) is 2.84. The molecule has 7 nitrogen and oxygen atoms in total. The number of hydrogen-bond donors (Lipinski definition) is 0. The summed E-state index contributed by atoms with van der Waals surface area (Å²) in [6, 6.07) is 8.25. The lowest BCUT2D eigenvalue weighted by molar-refractivity contribution is -0.121. The summed E-state index contributed by atoms with van der Waals surface area (Å²) in [6.07, 6.45) is 1.13. The van der Waals surface area contributed by atoms with Crippen molar-refractivity contribution in [2.75, 3.05) is 13.2 Å². The van der Waals surface area contributed by atoms with Crippen LogP contribution < -0.4 is 9.54 Å². The van der Waals surface area contributed by atoms with Crippen molar-refractivity contribution in [1.29, 1.82) is 0 Å². The maximum absolute atomic E-state index is 12.9. The summed E-state index contributed by atoms with van der Waals surface area (Å²) in [4.78, 5) is 17.8. The molecular weight excluding hydrogens is 430 g/mol. The van der Waals surface area contributed by atoms with Gasteiger partial charge in [0.15, 0.2) is 4.80 Å². The Morgan fingerprint density at radius 2 is 2.17 bits per heavy atom. The average molecular weight is 452 g/mol. The van der Waals surface area contributed by atoms with Gasteiger partial charge in [-0.2, -0.15) is 9.30 Å². The highest BCUT2D eigenvalue weighted by Crippen LogP contribution is 2.29. The molecule has 3 aromatic rings. The van der Waals surface area contributed by atoms with E-state index in [-0.39, 0.29) is 4.21 Å². The van der Waals surface area contributed by atoms with Gasteiger partial charge in [0.25, 0.3) is 15.9 Å². The van der Waals surface area contributed by atoms with Gasteiger partial charge in [0.2, 0.25) is 0 Å². The van der Waals surface area contributed by atoms with Gasteiger partial charge in [-0.15, -0.1) is 11.3 Å². The third kappa shape index (κ3) is 3.77. The lowest BCUT2D eigenvalue weighted by atomic mass is 10.2. The van der Waals surface area contributed by atoms with Gasteiger partial charge in [-0.25, -0.2) is 8.42 Å². The molecule has 1 saturated heterocycles. The smallest absolute Gasteiger partial charge is 0.266 e. The van der Waals surface area contributed by atoms with Crippen molar-refractivity contribution in [1.82, 2.24) is 8.87 Å². The summed E-state index contributed by atoms with van der Waals surface area (Å²) >= 11 is 2.55. The fourth-order valence-electron chi connectivity index (χ4n) is 3.45. The van der Waals surface area contributed by atoms with Crippen LogP contribution in [-0.4, -0.2) is 42.4 Å². The molecule has 1 unspecified atom stereocenters. The van der Waals surface area contributed by atoms with Crippen LogP contribution in [0.15, 0.2) is 44.9 Å². The van der Waals surface area contributed by atoms with Crippen molar-refractivity contribution in [3.63, 3.8) is 0 Å². The van der Waals surface area contributed by atoms with Crippen molar-refractivity contribution in [3.05, 3.63) is 40.5 Å². The minimum atomic E-state index is -3.68. The predicted molar refractivity (Wildman–Crippen MR) is 114 cm³/mol. The van der Waals surface area contributed by atoms with E-state index in [1.54, 1.807) is 17.5 Å². The molecule has 4 rings (SSSR count). The molecule has 1 aromatic carbocycles. The molecule has 0 N–H and O–H groups in total. The third-order valence-electron chi connectivity index (χ3n) is 4.84. The first-order valence-electron chi connectivity index (χ1n) is 9.28. The number of sulfonamides is 1. The molecule has 0 radical (unpaired) electrons. The molecular formula is C19H21N3O4S3. The van der Waals surface area contributed by atoms with E-state index >= 15 is 0 Å². The normalized spacial score (nSPS) is 18.6. The Kier molecular flexibility index (Phi) is 5.60. The van der Waals surface area contributed by atoms with E-state index in [0.717, 1.165) is 27.3 Å². The lowest BCUT2D eigenvalue weighted by Gasteiger charge is -2.20. The van der Waals surface area contributed by atoms with Crippen LogP contribution in [0.25, 0.3) is 10.2 Å². The molecule has 29 heavy (non-hydrogen) atoms. The number of hydrogen-bond acceptors (Lipinski definition) is 6. The molecule has 1 atom stereocenters. The predicted octanol–water partition coefficient (Wildman–Crippen LogP) is 2.98. The van der Waals surface area contributed by atoms with Gasteiger partial charge in [0.05, 0.1) is 16.8 Å². The number of aromatic nitrogens is 1. The van der Waals surface area contributed by atoms with Crippen molar-refractivity contribution in [2.45, 2.75) is 30.0 Å². The van der Waals surface area contributed by atoms with Crippen molar-refractivity contribution >= 4 is 48.8 Å². The van der Waals surface area contributed by atoms with Crippen molar-refractivity contribution in [2.24, 2.45) is 12.0 Å². The van der Waals surface area contributed by atoms with Crippen LogP contribution in [0, 0.1) is 0 Å². The topological polar surface area (TPSA) is 81.0 Å². The number of benzene rings is 1. The van der Waals surface area contributed by atoms with Crippen LogP contribution in [-0.2, 0) is 21.9 Å². The van der Waals surface area contributed by atoms with Crippen LogP contribution in [0.2, 0.25) is 0 Å². The number of thiophene rings is 1. The zero-order valence-corrected chi connectivity index (χ0v) is 18.5. The van der Waals surface area contributed by atoms with E-state index < -0.39 is 22.0 Å². The Morgan fingerprint density at radius 1 is 1.34 bits per heavy atom. The minimum Gasteiger partial charge on any atom is -0.494 e. The molecule has 154 valence electrons. The first kappa shape index (κ1) is 20.3. The summed E-state index contributed by atoms with van der Waals surface area (Å²) in [5.41, 5.74) is 0.944. The van der Waals surface area contributed by atoms with Gasteiger partial charge in [0.1, 0.15) is 16.0 Å². The van der Waals surface area contributed by atoms with Gasteiger partial charge >= 0.3 is 0 Å². The van der Waals surface area contributed by atoms with E-state index in [9.17, 15) is 13.2 Å². The lowest BCUT2D eigenvalue weighted by Crippen LogP contribution is -2.40. The highest BCUT2D eigenvalue weighted by molar-refractivity contribution is 7.91. The van der Waals surface area contributed by atoms with E-state index in [1.165, 1.54) is 15.6 Å². The van der Waals surface area contributed by atoms with Crippen LogP contribution in [0.4, 0.5) is 0 Å². The average Bonchev–Trinajstić information content (AvgIpc) is 3.43. The zero-order valence-electron chi connectivity index (χ0n) is 16.1. The van der Waals surface area contributed by atoms with E-state index in [2.05, 4.69) is 4.99 Å². The number of nitrogens with zero attached hydrogens (tertiary/aromatic N) is 3. The minimum absolute atomic E-state index is 0.257. The van der Waals surface area contributed by atoms with Crippen LogP contribution >= 0.6 is 22.7 Å². The first-order chi connectivity index (χ1) is 13.9. The summed E-state index contributed by atoms with van der Waals surface area (Å²) in [5, 5.41) is 1.72. The van der Waals surface area contributed by atoms with Crippen molar-refractivity contribution in [3.8, 4) is 5.75 Å². The number of carbonyl (C=O) groups excluding carboxylic acids is 1. The zero-order chi connectivity index (χ0) is 20.6. The molecule has 0 saturated carbocycles. The molecule has 0 aliphatic carbocycles. The van der Waals surface area contributed by atoms with Gasteiger partial charge in [-0.1, -0.05) is 17.4 Å². The monoisotopic (exact) mass is 451 g/mol. The number of amides is 1. The summed E-state index contributed by atoms with van der Waals surface area (Å²) in [5.74, 6) is 0.346. The Hall–Kier alpha value is -2.01. The molecule has 1 aliphatic heterocycles. The van der Waals surface area contributed by atoms with E-state index in [4.69, 9.17) is 4.74 Å². The number of thiazole rings is 1. The highest BCUT2D eigenvalue weighted by Gasteiger charge is 2.39. The number of carbonyl (C=O) groups is 1. The maximum Gasteiger partial charge on any atom is 0.266 e. The van der Waals surface area contributed by atoms with Crippen molar-refractivity contribution < 1.29 is 17.9 Å². The summed E-state index contributed by atoms with van der Waals surface area (Å²) in [7, 11) is -1.83. The fraction of sp³-hybridized carbons (Fsp3) is 0.368. The second-order valence-corrected chi connectivity index (χ2v) is 10.7. The number of aryl methyl sites for hydroxylation is 1. The second-order valence-electron chi connectivity index (χ2n) is 6.66. The Labute approximate surface area is 176 Å². The number of fused-ring (bicyclic) bond motifs is 1. The second kappa shape index (κ2) is 8.02. The Balaban J connectivity index is 1.67. The standard InChI is InChI=1S/C19H21N3O4S3/c1-3-26-13-8-9-14-16(12-13)28-19(21(14)2)20-18(23)15-6-4-10-22(15)29(24,25)17-7-5-11-27-17/h5,7-9,11-12,15H,3-4,6,10H2,1-2H3.